The molecule has 0 saturated carbocycles. The van der Waals surface area contributed by atoms with E-state index in [1.165, 1.54) is 18.5 Å². The first kappa shape index (κ1) is 39.9. The molecule has 6 rings (SSSR count). The van der Waals surface area contributed by atoms with E-state index in [2.05, 4.69) is 49.7 Å². The molecule has 282 valence electrons. The number of pyridine rings is 3. The van der Waals surface area contributed by atoms with Gasteiger partial charge in [-0.2, -0.15) is 0 Å². The van der Waals surface area contributed by atoms with Gasteiger partial charge in [-0.05, 0) is 63.9 Å². The Morgan fingerprint density at radius 1 is 1.02 bits per heavy atom. The molecule has 4 N–H and O–H groups in total. The van der Waals surface area contributed by atoms with Crippen LogP contribution in [0.4, 0.5) is 15.9 Å². The molecule has 53 heavy (non-hydrogen) atoms. The molecule has 10 nitrogen and oxygen atoms in total. The minimum atomic E-state index is -0.469. The summed E-state index contributed by atoms with van der Waals surface area (Å²) in [4.78, 5) is 27.6. The lowest BCUT2D eigenvalue weighted by atomic mass is 10.0. The molecule has 1 aromatic carbocycles. The minimum absolute atomic E-state index is 0.0118. The van der Waals surface area contributed by atoms with E-state index in [0.29, 0.717) is 81.9 Å². The van der Waals surface area contributed by atoms with Crippen LogP contribution in [0, 0.1) is 11.7 Å². The molecule has 1 unspecified atom stereocenters. The second-order valence-corrected chi connectivity index (χ2v) is 14.4. The molecule has 0 bridgehead atoms. The van der Waals surface area contributed by atoms with Gasteiger partial charge in [-0.1, -0.05) is 61.8 Å². The number of nitrogens with zero attached hydrogens (tertiary/aromatic N) is 4. The molecule has 3 aromatic heterocycles. The third-order valence-electron chi connectivity index (χ3n) is 9.35. The van der Waals surface area contributed by atoms with Gasteiger partial charge in [-0.3, -0.25) is 9.78 Å². The molecule has 5 heterocycles. The number of piperidine rings is 1. The van der Waals surface area contributed by atoms with E-state index >= 15 is 4.39 Å². The summed E-state index contributed by atoms with van der Waals surface area (Å²) in [6.07, 6.45) is 7.28. The first-order valence-electron chi connectivity index (χ1n) is 18.0. The topological polar surface area (TPSA) is 116 Å². The maximum atomic E-state index is 15.7. The number of amides is 1. The van der Waals surface area contributed by atoms with E-state index < -0.39 is 5.82 Å². The number of allylic oxidation sites excluding steroid dienone is 1. The molecule has 13 heteroatoms. The van der Waals surface area contributed by atoms with Gasteiger partial charge in [0.2, 0.25) is 11.8 Å². The van der Waals surface area contributed by atoms with Crippen molar-refractivity contribution in [3.8, 4) is 28.4 Å². The molecule has 2 aliphatic heterocycles. The lowest BCUT2D eigenvalue weighted by Gasteiger charge is -2.33. The SMILES string of the molecule is C=C1CCC(C)N1.CNCc1ccc(-c2ccnc(-c3cccc(Nc4nccc(CNC5CCN(C(=O)C(C)C)CC5)c4F)c3Cl)c2Cl)nc1OC. The van der Waals surface area contributed by atoms with Crippen LogP contribution < -0.4 is 26.0 Å². The van der Waals surface area contributed by atoms with Crippen molar-refractivity contribution in [2.24, 2.45) is 5.92 Å². The Bertz CT molecular complexity index is 1900. The molecular formula is C40H49Cl2FN8O2. The highest BCUT2D eigenvalue weighted by atomic mass is 35.5. The predicted molar refractivity (Wildman–Crippen MR) is 212 cm³/mol. The minimum Gasteiger partial charge on any atom is -0.481 e. The highest BCUT2D eigenvalue weighted by molar-refractivity contribution is 6.39. The normalized spacial score (nSPS) is 15.9. The van der Waals surface area contributed by atoms with Gasteiger partial charge in [-0.25, -0.2) is 14.4 Å². The van der Waals surface area contributed by atoms with Crippen molar-refractivity contribution in [2.45, 2.75) is 71.6 Å². The zero-order valence-corrected chi connectivity index (χ0v) is 32.5. The summed E-state index contributed by atoms with van der Waals surface area (Å²) >= 11 is 13.8. The molecule has 2 fully saturated rings. The molecule has 0 aliphatic carbocycles. The van der Waals surface area contributed by atoms with Crippen LogP contribution in [-0.4, -0.2) is 65.1 Å². The van der Waals surface area contributed by atoms with Gasteiger partial charge in [0, 0.05) is 84.5 Å². The highest BCUT2D eigenvalue weighted by Crippen LogP contribution is 2.41. The van der Waals surface area contributed by atoms with Crippen LogP contribution in [-0.2, 0) is 17.9 Å². The summed E-state index contributed by atoms with van der Waals surface area (Å²) in [5.41, 5.74) is 5.37. The third kappa shape index (κ3) is 10.0. The van der Waals surface area contributed by atoms with Crippen LogP contribution in [0.2, 0.25) is 10.0 Å². The quantitative estimate of drug-likeness (QED) is 0.120. The second-order valence-electron chi connectivity index (χ2n) is 13.7. The lowest BCUT2D eigenvalue weighted by molar-refractivity contribution is -0.135. The van der Waals surface area contributed by atoms with Gasteiger partial charge in [0.05, 0.1) is 34.2 Å². The lowest BCUT2D eigenvalue weighted by Crippen LogP contribution is -2.46. The van der Waals surface area contributed by atoms with Crippen molar-refractivity contribution in [3.63, 3.8) is 0 Å². The fourth-order valence-corrected chi connectivity index (χ4v) is 6.98. The van der Waals surface area contributed by atoms with E-state index in [9.17, 15) is 4.79 Å². The largest absolute Gasteiger partial charge is 0.481 e. The Morgan fingerprint density at radius 3 is 2.42 bits per heavy atom. The number of aromatic nitrogens is 3. The second kappa shape index (κ2) is 18.6. The van der Waals surface area contributed by atoms with Gasteiger partial charge >= 0.3 is 0 Å². The van der Waals surface area contributed by atoms with Crippen molar-refractivity contribution < 1.29 is 13.9 Å². The summed E-state index contributed by atoms with van der Waals surface area (Å²) in [6.45, 7) is 12.1. The summed E-state index contributed by atoms with van der Waals surface area (Å²) in [5.74, 6) is 0.254. The van der Waals surface area contributed by atoms with Crippen LogP contribution >= 0.6 is 23.2 Å². The molecule has 2 saturated heterocycles. The molecular weight excluding hydrogens is 714 g/mol. The molecule has 4 aromatic rings. The number of carbonyl (C=O) groups excluding carboxylic acids is 1. The number of ether oxygens (including phenoxy) is 1. The van der Waals surface area contributed by atoms with Gasteiger partial charge in [0.1, 0.15) is 0 Å². The Labute approximate surface area is 322 Å². The molecule has 1 atom stereocenters. The van der Waals surface area contributed by atoms with Gasteiger partial charge < -0.3 is 30.9 Å². The average Bonchev–Trinajstić information content (AvgIpc) is 3.55. The maximum absolute atomic E-state index is 15.7. The fourth-order valence-electron chi connectivity index (χ4n) is 6.40. The van der Waals surface area contributed by atoms with E-state index in [0.717, 1.165) is 18.4 Å². The zero-order chi connectivity index (χ0) is 38.1. The van der Waals surface area contributed by atoms with Gasteiger partial charge in [0.15, 0.2) is 11.6 Å². The number of likely N-dealkylation sites (tertiary alicyclic amines) is 1. The van der Waals surface area contributed by atoms with Gasteiger partial charge in [0.25, 0.3) is 0 Å². The molecule has 0 spiro atoms. The maximum Gasteiger partial charge on any atom is 0.225 e. The Morgan fingerprint density at radius 2 is 1.77 bits per heavy atom. The van der Waals surface area contributed by atoms with Crippen molar-refractivity contribution in [3.05, 3.63) is 94.1 Å². The summed E-state index contributed by atoms with van der Waals surface area (Å²) in [6, 6.07) is 13.5. The van der Waals surface area contributed by atoms with E-state index in [1.54, 1.807) is 49.8 Å². The van der Waals surface area contributed by atoms with Crippen LogP contribution in [0.5, 0.6) is 5.88 Å². The number of hydrogen-bond acceptors (Lipinski definition) is 9. The number of nitrogens with one attached hydrogen (secondary N) is 4. The molecule has 1 amide bonds. The van der Waals surface area contributed by atoms with Crippen LogP contribution in [0.3, 0.4) is 0 Å². The Hall–Kier alpha value is -4.29. The fraction of sp³-hybridized carbons (Fsp3) is 0.400. The monoisotopic (exact) mass is 762 g/mol. The number of hydrogen-bond donors (Lipinski definition) is 4. The Balaban J connectivity index is 0.000000693. The molecule has 2 aliphatic rings. The predicted octanol–water partition coefficient (Wildman–Crippen LogP) is 8.13. The summed E-state index contributed by atoms with van der Waals surface area (Å²) < 4.78 is 21.1. The summed E-state index contributed by atoms with van der Waals surface area (Å²) in [7, 11) is 3.43. The smallest absolute Gasteiger partial charge is 0.225 e. The highest BCUT2D eigenvalue weighted by Gasteiger charge is 2.25. The Kier molecular flexibility index (Phi) is 14.0. The van der Waals surface area contributed by atoms with Crippen LogP contribution in [0.25, 0.3) is 22.5 Å². The number of benzene rings is 1. The number of halogens is 3. The van der Waals surface area contributed by atoms with Crippen LogP contribution in [0.1, 0.15) is 57.6 Å². The van der Waals surface area contributed by atoms with E-state index in [4.69, 9.17) is 27.9 Å². The third-order valence-corrected chi connectivity index (χ3v) is 10.1. The number of rotatable bonds is 11. The first-order valence-corrected chi connectivity index (χ1v) is 18.7. The number of methoxy groups -OCH3 is 1. The van der Waals surface area contributed by atoms with Crippen LogP contribution in [0.15, 0.2) is 67.1 Å². The van der Waals surface area contributed by atoms with Crippen molar-refractivity contribution in [1.82, 2.24) is 35.8 Å². The summed E-state index contributed by atoms with van der Waals surface area (Å²) in [5, 5.41) is 13.5. The standard InChI is InChI=1S/C34H38Cl2FN7O2.C6H11N/c1-20(2)34(45)44-16-12-23(13-17-44)41-19-21-10-14-40-32(30(21)37)42-27-7-5-6-25(28(27)35)31-29(36)24(11-15-39-31)26-9-8-22(18-38-3)33(43-26)46-4;1-5-3-4-6(2)7-5/h5-11,14-15,20,23,38,41H,12-13,16-19H2,1-4H3,(H,40,42);6-7H,1,3-4H2,2H3. The van der Waals surface area contributed by atoms with Crippen molar-refractivity contribution in [1.29, 1.82) is 0 Å². The molecule has 0 radical (unpaired) electrons. The van der Waals surface area contributed by atoms with E-state index in [-0.39, 0.29) is 23.7 Å². The number of anilines is 2. The van der Waals surface area contributed by atoms with Crippen molar-refractivity contribution in [2.75, 3.05) is 32.6 Å². The average molecular weight is 764 g/mol. The van der Waals surface area contributed by atoms with Crippen molar-refractivity contribution >= 4 is 40.6 Å². The first-order chi connectivity index (χ1) is 25.5. The van der Waals surface area contributed by atoms with Gasteiger partial charge in [-0.15, -0.1) is 0 Å². The zero-order valence-electron chi connectivity index (χ0n) is 31.0. The van der Waals surface area contributed by atoms with E-state index in [1.807, 2.05) is 37.9 Å². The number of carbonyl (C=O) groups is 1.